The number of hydrogen-bond acceptors (Lipinski definition) is 4. The Bertz CT molecular complexity index is 569. The van der Waals surface area contributed by atoms with Crippen molar-refractivity contribution >= 4 is 15.9 Å². The number of ether oxygens (including phenoxy) is 1. The first kappa shape index (κ1) is 15.1. The summed E-state index contributed by atoms with van der Waals surface area (Å²) in [5, 5.41) is 3.84. The zero-order valence-electron chi connectivity index (χ0n) is 11.7. The molecule has 0 aliphatic heterocycles. The van der Waals surface area contributed by atoms with Gasteiger partial charge < -0.3 is 15.0 Å². The number of benzene rings is 1. The van der Waals surface area contributed by atoms with Crippen molar-refractivity contribution in [2.45, 2.75) is 39.3 Å². The minimum absolute atomic E-state index is 0.138. The molecule has 1 aromatic carbocycles. The lowest BCUT2D eigenvalue weighted by Gasteiger charge is -2.14. The van der Waals surface area contributed by atoms with Crippen LogP contribution in [-0.2, 0) is 13.0 Å². The van der Waals surface area contributed by atoms with Crippen molar-refractivity contribution in [1.29, 1.82) is 0 Å². The van der Waals surface area contributed by atoms with Crippen molar-refractivity contribution in [1.82, 2.24) is 5.16 Å². The maximum absolute atomic E-state index is 6.04. The first-order chi connectivity index (χ1) is 9.58. The van der Waals surface area contributed by atoms with Crippen LogP contribution in [0, 0.1) is 6.92 Å². The van der Waals surface area contributed by atoms with E-state index in [2.05, 4.69) is 34.1 Å². The fourth-order valence-electron chi connectivity index (χ4n) is 1.91. The molecule has 4 nitrogen and oxygen atoms in total. The van der Waals surface area contributed by atoms with Crippen LogP contribution >= 0.6 is 15.9 Å². The third-order valence-corrected chi connectivity index (χ3v) is 3.57. The van der Waals surface area contributed by atoms with Crippen LogP contribution in [0.1, 0.15) is 30.4 Å². The van der Waals surface area contributed by atoms with Crippen molar-refractivity contribution < 1.29 is 9.26 Å². The van der Waals surface area contributed by atoms with Crippen LogP contribution in [0.25, 0.3) is 0 Å². The molecule has 0 spiro atoms. The molecule has 0 radical (unpaired) electrons. The third kappa shape index (κ3) is 4.08. The van der Waals surface area contributed by atoms with Gasteiger partial charge in [0.15, 0.2) is 5.76 Å². The van der Waals surface area contributed by atoms with Crippen LogP contribution < -0.4 is 10.5 Å². The maximum Gasteiger partial charge on any atom is 0.174 e. The SMILES string of the molecule is CCC(N)Cc1cc(Br)ccc1OCc1cc(C)no1. The summed E-state index contributed by atoms with van der Waals surface area (Å²) < 4.78 is 12.0. The number of aryl methyl sites for hydroxylation is 1. The summed E-state index contributed by atoms with van der Waals surface area (Å²) in [5.74, 6) is 1.56. The van der Waals surface area contributed by atoms with Gasteiger partial charge in [0.1, 0.15) is 12.4 Å². The molecule has 5 heteroatoms. The number of hydrogen-bond donors (Lipinski definition) is 1. The number of nitrogens with two attached hydrogens (primary N) is 1. The molecule has 1 unspecified atom stereocenters. The van der Waals surface area contributed by atoms with Gasteiger partial charge >= 0.3 is 0 Å². The van der Waals surface area contributed by atoms with Gasteiger partial charge in [-0.3, -0.25) is 0 Å². The topological polar surface area (TPSA) is 61.3 Å². The third-order valence-electron chi connectivity index (χ3n) is 3.08. The molecule has 1 aromatic heterocycles. The van der Waals surface area contributed by atoms with Crippen LogP contribution in [-0.4, -0.2) is 11.2 Å². The van der Waals surface area contributed by atoms with E-state index >= 15 is 0 Å². The Kier molecular flexibility index (Phi) is 5.20. The molecule has 2 N–H and O–H groups in total. The molecule has 0 saturated heterocycles. The Balaban J connectivity index is 2.09. The van der Waals surface area contributed by atoms with Gasteiger partial charge in [0.2, 0.25) is 0 Å². The molecule has 0 fully saturated rings. The van der Waals surface area contributed by atoms with Crippen molar-refractivity contribution in [2.75, 3.05) is 0 Å². The van der Waals surface area contributed by atoms with E-state index in [0.717, 1.165) is 40.1 Å². The summed E-state index contributed by atoms with van der Waals surface area (Å²) in [6.45, 7) is 4.34. The molecule has 0 bridgehead atoms. The monoisotopic (exact) mass is 338 g/mol. The first-order valence-corrected chi connectivity index (χ1v) is 7.46. The predicted molar refractivity (Wildman–Crippen MR) is 81.7 cm³/mol. The smallest absolute Gasteiger partial charge is 0.174 e. The summed E-state index contributed by atoms with van der Waals surface area (Å²) in [7, 11) is 0. The second-order valence-electron chi connectivity index (χ2n) is 4.85. The van der Waals surface area contributed by atoms with Crippen molar-refractivity contribution in [2.24, 2.45) is 5.73 Å². The molecular weight excluding hydrogens is 320 g/mol. The largest absolute Gasteiger partial charge is 0.485 e. The van der Waals surface area contributed by atoms with E-state index in [1.165, 1.54) is 0 Å². The van der Waals surface area contributed by atoms with E-state index < -0.39 is 0 Å². The number of rotatable bonds is 6. The lowest BCUT2D eigenvalue weighted by Crippen LogP contribution is -2.21. The summed E-state index contributed by atoms with van der Waals surface area (Å²) in [4.78, 5) is 0. The molecule has 1 atom stereocenters. The quantitative estimate of drug-likeness (QED) is 0.873. The first-order valence-electron chi connectivity index (χ1n) is 6.67. The zero-order valence-corrected chi connectivity index (χ0v) is 13.3. The Morgan fingerprint density at radius 3 is 2.85 bits per heavy atom. The summed E-state index contributed by atoms with van der Waals surface area (Å²) in [6, 6.07) is 7.97. The van der Waals surface area contributed by atoms with Crippen LogP contribution in [0.4, 0.5) is 0 Å². The highest BCUT2D eigenvalue weighted by molar-refractivity contribution is 9.10. The highest BCUT2D eigenvalue weighted by Crippen LogP contribution is 2.25. The van der Waals surface area contributed by atoms with E-state index in [0.29, 0.717) is 6.61 Å². The Labute approximate surface area is 127 Å². The van der Waals surface area contributed by atoms with Gasteiger partial charge in [-0.15, -0.1) is 0 Å². The zero-order chi connectivity index (χ0) is 14.5. The molecule has 0 aliphatic rings. The summed E-state index contributed by atoms with van der Waals surface area (Å²) in [5.41, 5.74) is 7.99. The normalized spacial score (nSPS) is 12.4. The van der Waals surface area contributed by atoms with E-state index in [4.69, 9.17) is 15.0 Å². The van der Waals surface area contributed by atoms with Crippen LogP contribution in [0.2, 0.25) is 0 Å². The fourth-order valence-corrected chi connectivity index (χ4v) is 2.32. The molecule has 0 amide bonds. The lowest BCUT2D eigenvalue weighted by molar-refractivity contribution is 0.246. The van der Waals surface area contributed by atoms with Crippen molar-refractivity contribution in [3.63, 3.8) is 0 Å². The standard InChI is InChI=1S/C15H19BrN2O2/c1-3-13(17)8-11-7-12(16)4-5-15(11)19-9-14-6-10(2)18-20-14/h4-7,13H,3,8-9,17H2,1-2H3. The van der Waals surface area contributed by atoms with E-state index in [-0.39, 0.29) is 6.04 Å². The molecule has 108 valence electrons. The van der Waals surface area contributed by atoms with Gasteiger partial charge in [0, 0.05) is 16.6 Å². The van der Waals surface area contributed by atoms with Gasteiger partial charge in [-0.25, -0.2) is 0 Å². The fraction of sp³-hybridized carbons (Fsp3) is 0.400. The number of nitrogens with zero attached hydrogens (tertiary/aromatic N) is 1. The second-order valence-corrected chi connectivity index (χ2v) is 5.76. The molecular formula is C15H19BrN2O2. The summed E-state index contributed by atoms with van der Waals surface area (Å²) in [6.07, 6.45) is 1.73. The molecule has 1 heterocycles. The van der Waals surface area contributed by atoms with E-state index in [9.17, 15) is 0 Å². The van der Waals surface area contributed by atoms with Gasteiger partial charge in [-0.2, -0.15) is 0 Å². The van der Waals surface area contributed by atoms with Gasteiger partial charge in [0.25, 0.3) is 0 Å². The highest BCUT2D eigenvalue weighted by Gasteiger charge is 2.10. The molecule has 2 aromatic rings. The maximum atomic E-state index is 6.04. The van der Waals surface area contributed by atoms with Gasteiger partial charge in [-0.05, 0) is 43.5 Å². The van der Waals surface area contributed by atoms with Crippen molar-refractivity contribution in [3.05, 3.63) is 45.8 Å². The van der Waals surface area contributed by atoms with Crippen LogP contribution in [0.15, 0.2) is 33.3 Å². The van der Waals surface area contributed by atoms with E-state index in [1.54, 1.807) is 0 Å². The Morgan fingerprint density at radius 1 is 1.40 bits per heavy atom. The highest BCUT2D eigenvalue weighted by atomic mass is 79.9. The van der Waals surface area contributed by atoms with E-state index in [1.807, 2.05) is 25.1 Å². The average Bonchev–Trinajstić information content (AvgIpc) is 2.83. The molecule has 0 aliphatic carbocycles. The molecule has 2 rings (SSSR count). The Morgan fingerprint density at radius 2 is 2.20 bits per heavy atom. The Hall–Kier alpha value is -1.33. The minimum atomic E-state index is 0.138. The average molecular weight is 339 g/mol. The molecule has 20 heavy (non-hydrogen) atoms. The van der Waals surface area contributed by atoms with Crippen LogP contribution in [0.5, 0.6) is 5.75 Å². The van der Waals surface area contributed by atoms with Crippen LogP contribution in [0.3, 0.4) is 0 Å². The second kappa shape index (κ2) is 6.90. The van der Waals surface area contributed by atoms with Gasteiger partial charge in [-0.1, -0.05) is 28.0 Å². The summed E-state index contributed by atoms with van der Waals surface area (Å²) >= 11 is 3.48. The predicted octanol–water partition coefficient (Wildman–Crippen LogP) is 3.60. The lowest BCUT2D eigenvalue weighted by atomic mass is 10.0. The minimum Gasteiger partial charge on any atom is -0.485 e. The number of aromatic nitrogens is 1. The molecule has 0 saturated carbocycles. The number of halogens is 1. The van der Waals surface area contributed by atoms with Crippen molar-refractivity contribution in [3.8, 4) is 5.75 Å². The van der Waals surface area contributed by atoms with Gasteiger partial charge in [0.05, 0.1) is 5.69 Å².